The number of fused-ring (bicyclic) bond motifs is 3. The SMILES string of the molecule is C[C@@H]1Cn2nc(OCF)cc2-c2onc([C@](C)(O)C(F)(F)F)c21. The average molecular weight is 335 g/mol. The van der Waals surface area contributed by atoms with Crippen molar-refractivity contribution >= 4 is 0 Å². The van der Waals surface area contributed by atoms with Crippen LogP contribution in [0.4, 0.5) is 17.6 Å². The highest BCUT2D eigenvalue weighted by Crippen LogP contribution is 2.46. The van der Waals surface area contributed by atoms with Crippen LogP contribution in [0.2, 0.25) is 0 Å². The van der Waals surface area contributed by atoms with E-state index >= 15 is 0 Å². The van der Waals surface area contributed by atoms with E-state index in [0.29, 0.717) is 12.6 Å². The molecule has 1 N–H and O–H groups in total. The minimum atomic E-state index is -4.91. The fourth-order valence-electron chi connectivity index (χ4n) is 2.62. The van der Waals surface area contributed by atoms with Gasteiger partial charge in [0.2, 0.25) is 18.3 Å². The number of ether oxygens (including phenoxy) is 1. The van der Waals surface area contributed by atoms with E-state index < -0.39 is 30.2 Å². The number of halogens is 4. The van der Waals surface area contributed by atoms with E-state index in [4.69, 9.17) is 4.52 Å². The van der Waals surface area contributed by atoms with E-state index in [0.717, 1.165) is 0 Å². The van der Waals surface area contributed by atoms with Crippen molar-refractivity contribution in [2.75, 3.05) is 6.86 Å². The van der Waals surface area contributed by atoms with Crippen LogP contribution >= 0.6 is 0 Å². The summed E-state index contributed by atoms with van der Waals surface area (Å²) in [5, 5.41) is 17.3. The molecule has 3 rings (SSSR count). The number of aromatic nitrogens is 3. The smallest absolute Gasteiger partial charge is 0.422 e. The van der Waals surface area contributed by atoms with Crippen molar-refractivity contribution in [1.29, 1.82) is 0 Å². The van der Waals surface area contributed by atoms with E-state index in [1.54, 1.807) is 6.92 Å². The van der Waals surface area contributed by atoms with Crippen molar-refractivity contribution in [3.63, 3.8) is 0 Å². The summed E-state index contributed by atoms with van der Waals surface area (Å²) in [6.07, 6.45) is -4.91. The monoisotopic (exact) mass is 335 g/mol. The van der Waals surface area contributed by atoms with Gasteiger partial charge in [0.15, 0.2) is 5.76 Å². The molecule has 10 heteroatoms. The Kier molecular flexibility index (Phi) is 3.40. The molecule has 0 unspecified atom stereocenters. The maximum Gasteiger partial charge on any atom is 0.422 e. The lowest BCUT2D eigenvalue weighted by Crippen LogP contribution is -2.40. The van der Waals surface area contributed by atoms with Crippen LogP contribution in [0.25, 0.3) is 11.5 Å². The Morgan fingerprint density at radius 1 is 1.48 bits per heavy atom. The Hall–Kier alpha value is -2.10. The Morgan fingerprint density at radius 3 is 2.78 bits per heavy atom. The first kappa shape index (κ1) is 15.8. The maximum absolute atomic E-state index is 13.1. The second-order valence-corrected chi connectivity index (χ2v) is 5.55. The summed E-state index contributed by atoms with van der Waals surface area (Å²) in [5.74, 6) is -0.390. The van der Waals surface area contributed by atoms with Crippen LogP contribution in [0, 0.1) is 0 Å². The predicted molar refractivity (Wildman–Crippen MR) is 68.4 cm³/mol. The molecule has 0 aromatic carbocycles. The van der Waals surface area contributed by atoms with Crippen LogP contribution in [-0.4, -0.2) is 33.1 Å². The maximum atomic E-state index is 13.1. The summed E-state index contributed by atoms with van der Waals surface area (Å²) in [6, 6.07) is 1.35. The van der Waals surface area contributed by atoms with Crippen LogP contribution in [0.3, 0.4) is 0 Å². The van der Waals surface area contributed by atoms with Crippen LogP contribution in [0.5, 0.6) is 5.88 Å². The van der Waals surface area contributed by atoms with Crippen LogP contribution < -0.4 is 4.74 Å². The lowest BCUT2D eigenvalue weighted by molar-refractivity contribution is -0.261. The van der Waals surface area contributed by atoms with Gasteiger partial charge in [0.1, 0.15) is 11.4 Å². The fourth-order valence-corrected chi connectivity index (χ4v) is 2.62. The van der Waals surface area contributed by atoms with E-state index in [-0.39, 0.29) is 23.7 Å². The summed E-state index contributed by atoms with van der Waals surface area (Å²) in [7, 11) is 0. The number of nitrogens with zero attached hydrogens (tertiary/aromatic N) is 3. The van der Waals surface area contributed by atoms with Gasteiger partial charge in [-0.2, -0.15) is 13.2 Å². The molecule has 126 valence electrons. The van der Waals surface area contributed by atoms with Gasteiger partial charge in [-0.05, 0) is 6.92 Å². The first-order valence-corrected chi connectivity index (χ1v) is 6.73. The molecule has 6 nitrogen and oxygen atoms in total. The van der Waals surface area contributed by atoms with Crippen molar-refractivity contribution in [3.8, 4) is 17.3 Å². The van der Waals surface area contributed by atoms with Crippen molar-refractivity contribution in [1.82, 2.24) is 14.9 Å². The Labute approximate surface area is 127 Å². The van der Waals surface area contributed by atoms with Crippen molar-refractivity contribution in [2.45, 2.75) is 38.1 Å². The number of hydrogen-bond acceptors (Lipinski definition) is 5. The van der Waals surface area contributed by atoms with Gasteiger partial charge in [-0.1, -0.05) is 12.1 Å². The summed E-state index contributed by atoms with van der Waals surface area (Å²) in [4.78, 5) is 0. The second kappa shape index (κ2) is 4.95. The first-order valence-electron chi connectivity index (χ1n) is 6.73. The summed E-state index contributed by atoms with van der Waals surface area (Å²) in [5.41, 5.74) is -3.24. The molecule has 1 aliphatic heterocycles. The number of alkyl halides is 4. The van der Waals surface area contributed by atoms with Gasteiger partial charge in [-0.3, -0.25) is 4.68 Å². The molecule has 0 radical (unpaired) electrons. The molecule has 0 bridgehead atoms. The van der Waals surface area contributed by atoms with Crippen LogP contribution in [-0.2, 0) is 12.1 Å². The minimum Gasteiger partial charge on any atom is -0.445 e. The van der Waals surface area contributed by atoms with E-state index in [9.17, 15) is 22.7 Å². The highest BCUT2D eigenvalue weighted by molar-refractivity contribution is 5.63. The summed E-state index contributed by atoms with van der Waals surface area (Å²) >= 11 is 0. The largest absolute Gasteiger partial charge is 0.445 e. The van der Waals surface area contributed by atoms with E-state index in [1.807, 2.05) is 0 Å². The highest BCUT2D eigenvalue weighted by atomic mass is 19.4. The molecule has 0 fully saturated rings. The minimum absolute atomic E-state index is 0.0110. The molecule has 2 aromatic rings. The molecule has 0 spiro atoms. The predicted octanol–water partition coefficient (Wildman–Crippen LogP) is 2.73. The highest BCUT2D eigenvalue weighted by Gasteiger charge is 2.55. The summed E-state index contributed by atoms with van der Waals surface area (Å²) in [6.45, 7) is 1.43. The lowest BCUT2D eigenvalue weighted by Gasteiger charge is -2.27. The molecular weight excluding hydrogens is 322 g/mol. The van der Waals surface area contributed by atoms with E-state index in [1.165, 1.54) is 10.7 Å². The van der Waals surface area contributed by atoms with Crippen molar-refractivity contribution < 1.29 is 31.9 Å². The van der Waals surface area contributed by atoms with Gasteiger partial charge in [0.05, 0.1) is 0 Å². The molecular formula is C13H13F4N3O3. The molecule has 23 heavy (non-hydrogen) atoms. The number of rotatable bonds is 3. The molecule has 0 amide bonds. The van der Waals surface area contributed by atoms with E-state index in [2.05, 4.69) is 15.0 Å². The molecule has 3 heterocycles. The standard InChI is InChI=1S/C13H13F4N3O3/c1-6-4-20-7(3-8(18-20)22-5-14)10-9(6)11(19-23-10)12(2,21)13(15,16)17/h3,6,21H,4-5H2,1-2H3/t6-,12+/m1/s1. The third-order valence-electron chi connectivity index (χ3n) is 3.87. The van der Waals surface area contributed by atoms with Crippen molar-refractivity contribution in [2.24, 2.45) is 0 Å². The lowest BCUT2D eigenvalue weighted by atomic mass is 9.88. The zero-order valence-electron chi connectivity index (χ0n) is 12.2. The summed E-state index contributed by atoms with van der Waals surface area (Å²) < 4.78 is 62.6. The second-order valence-electron chi connectivity index (χ2n) is 5.55. The number of aliphatic hydroxyl groups is 1. The molecule has 2 aromatic heterocycles. The van der Waals surface area contributed by atoms with Gasteiger partial charge in [0.25, 0.3) is 0 Å². The number of hydrogen-bond donors (Lipinski definition) is 1. The quantitative estimate of drug-likeness (QED) is 0.873. The molecule has 2 atom stereocenters. The van der Waals surface area contributed by atoms with Gasteiger partial charge < -0.3 is 14.4 Å². The third-order valence-corrected chi connectivity index (χ3v) is 3.87. The molecule has 1 aliphatic rings. The zero-order chi connectivity index (χ0) is 17.0. The normalized spacial score (nSPS) is 19.9. The topological polar surface area (TPSA) is 73.3 Å². The van der Waals surface area contributed by atoms with Gasteiger partial charge >= 0.3 is 6.18 Å². The Morgan fingerprint density at radius 2 is 2.17 bits per heavy atom. The average Bonchev–Trinajstić information content (AvgIpc) is 3.01. The molecule has 0 saturated carbocycles. The first-order chi connectivity index (χ1) is 10.7. The molecule has 0 saturated heterocycles. The zero-order valence-corrected chi connectivity index (χ0v) is 12.2. The van der Waals surface area contributed by atoms with Gasteiger partial charge in [-0.25, -0.2) is 4.39 Å². The fraction of sp³-hybridized carbons (Fsp3) is 0.538. The van der Waals surface area contributed by atoms with Crippen LogP contribution in [0.15, 0.2) is 10.6 Å². The molecule has 0 aliphatic carbocycles. The van der Waals surface area contributed by atoms with Crippen LogP contribution in [0.1, 0.15) is 31.0 Å². The third kappa shape index (κ3) is 2.28. The Bertz CT molecular complexity index is 735. The van der Waals surface area contributed by atoms with Crippen molar-refractivity contribution in [3.05, 3.63) is 17.3 Å². The van der Waals surface area contributed by atoms with Gasteiger partial charge in [-0.15, -0.1) is 5.10 Å². The Balaban J connectivity index is 2.13. The van der Waals surface area contributed by atoms with Gasteiger partial charge in [0, 0.05) is 24.1 Å².